The van der Waals surface area contributed by atoms with E-state index in [9.17, 15) is 19.2 Å². The Labute approximate surface area is 211 Å². The quantitative estimate of drug-likeness (QED) is 0.512. The number of rotatable bonds is 5. The molecule has 1 N–H and O–H groups in total. The van der Waals surface area contributed by atoms with Crippen molar-refractivity contribution in [2.45, 2.75) is 25.7 Å². The van der Waals surface area contributed by atoms with Gasteiger partial charge in [-0.15, -0.1) is 11.3 Å². The summed E-state index contributed by atoms with van der Waals surface area (Å²) >= 11 is 1.37. The first kappa shape index (κ1) is 23.9. The van der Waals surface area contributed by atoms with Crippen molar-refractivity contribution in [3.63, 3.8) is 0 Å². The lowest BCUT2D eigenvalue weighted by Crippen LogP contribution is -2.51. The number of aromatic nitrogens is 3. The van der Waals surface area contributed by atoms with Gasteiger partial charge in [0.1, 0.15) is 11.3 Å². The van der Waals surface area contributed by atoms with E-state index in [1.54, 1.807) is 39.9 Å². The number of nitrogens with one attached hydrogen (secondary N) is 1. The fraction of sp³-hybridized carbons (Fsp3) is 0.417. The van der Waals surface area contributed by atoms with E-state index in [2.05, 4.69) is 15.4 Å². The van der Waals surface area contributed by atoms with Crippen LogP contribution in [0.5, 0.6) is 5.75 Å². The molecule has 2 fully saturated rings. The highest BCUT2D eigenvalue weighted by atomic mass is 32.1. The first-order valence-corrected chi connectivity index (χ1v) is 12.5. The number of fused-ring (bicyclic) bond motifs is 1. The Hall–Kier alpha value is -3.80. The van der Waals surface area contributed by atoms with Crippen molar-refractivity contribution in [2.24, 2.45) is 7.05 Å². The number of aryl methyl sites for hydroxylation is 2. The van der Waals surface area contributed by atoms with Gasteiger partial charge in [-0.2, -0.15) is 5.10 Å². The minimum Gasteiger partial charge on any atom is -0.481 e. The number of ether oxygens (including phenoxy) is 1. The molecule has 2 aliphatic rings. The van der Waals surface area contributed by atoms with Gasteiger partial charge < -0.3 is 14.5 Å². The molecule has 1 atom stereocenters. The summed E-state index contributed by atoms with van der Waals surface area (Å²) in [7, 11) is 1.76. The fourth-order valence-corrected chi connectivity index (χ4v) is 5.37. The summed E-state index contributed by atoms with van der Waals surface area (Å²) in [4.78, 5) is 57.9. The number of amides is 4. The van der Waals surface area contributed by atoms with E-state index in [1.807, 2.05) is 13.0 Å². The monoisotopic (exact) mass is 510 g/mol. The normalized spacial score (nSPS) is 18.4. The van der Waals surface area contributed by atoms with E-state index >= 15 is 0 Å². The summed E-state index contributed by atoms with van der Waals surface area (Å²) in [5.41, 5.74) is 1.27. The van der Waals surface area contributed by atoms with Crippen LogP contribution in [0.15, 0.2) is 24.4 Å². The Bertz CT molecular complexity index is 1360. The van der Waals surface area contributed by atoms with Crippen LogP contribution in [-0.2, 0) is 21.4 Å². The van der Waals surface area contributed by atoms with Crippen LogP contribution in [0.2, 0.25) is 0 Å². The molecule has 0 saturated carbocycles. The predicted molar refractivity (Wildman–Crippen MR) is 131 cm³/mol. The van der Waals surface area contributed by atoms with Crippen LogP contribution in [0, 0.1) is 6.92 Å². The zero-order valence-electron chi connectivity index (χ0n) is 20.0. The highest BCUT2D eigenvalue weighted by Crippen LogP contribution is 2.34. The number of carbonyl (C=O) groups is 4. The Morgan fingerprint density at radius 3 is 2.61 bits per heavy atom. The number of thiazole rings is 1. The van der Waals surface area contributed by atoms with Gasteiger partial charge in [0.15, 0.2) is 11.6 Å². The van der Waals surface area contributed by atoms with Crippen molar-refractivity contribution in [3.8, 4) is 5.75 Å². The van der Waals surface area contributed by atoms with Crippen molar-refractivity contribution in [1.82, 2.24) is 29.9 Å². The molecule has 0 radical (unpaired) electrons. The van der Waals surface area contributed by atoms with Crippen molar-refractivity contribution >= 4 is 45.9 Å². The number of para-hydroxylation sites is 1. The second-order valence-electron chi connectivity index (χ2n) is 8.90. The van der Waals surface area contributed by atoms with Crippen molar-refractivity contribution < 1.29 is 23.9 Å². The molecular formula is C24H26N6O5S. The lowest BCUT2D eigenvalue weighted by atomic mass is 9.93. The molecule has 11 nitrogen and oxygen atoms in total. The molecule has 36 heavy (non-hydrogen) atoms. The van der Waals surface area contributed by atoms with Crippen molar-refractivity contribution in [1.29, 1.82) is 0 Å². The molecule has 0 spiro atoms. The minimum absolute atomic E-state index is 0.105. The Balaban J connectivity index is 1.23. The smallest absolute Gasteiger partial charge is 0.282 e. The van der Waals surface area contributed by atoms with Gasteiger partial charge in [-0.05, 0) is 19.4 Å². The van der Waals surface area contributed by atoms with Gasteiger partial charge in [-0.3, -0.25) is 29.2 Å². The third-order valence-electron chi connectivity index (χ3n) is 6.50. The van der Waals surface area contributed by atoms with Crippen LogP contribution in [0.25, 0.3) is 10.9 Å². The molecule has 1 unspecified atom stereocenters. The molecule has 2 saturated heterocycles. The lowest BCUT2D eigenvalue weighted by molar-refractivity contribution is -0.135. The molecule has 12 heteroatoms. The molecule has 2 aromatic heterocycles. The third kappa shape index (κ3) is 4.55. The number of hydrogen-bond donors (Lipinski definition) is 1. The molecule has 188 valence electrons. The average molecular weight is 511 g/mol. The van der Waals surface area contributed by atoms with Crippen LogP contribution >= 0.6 is 11.3 Å². The Kier molecular flexibility index (Phi) is 6.44. The maximum absolute atomic E-state index is 12.8. The third-order valence-corrected chi connectivity index (χ3v) is 7.40. The number of piperazine rings is 1. The summed E-state index contributed by atoms with van der Waals surface area (Å²) in [5.74, 6) is -0.932. The molecule has 0 bridgehead atoms. The number of hydrogen-bond acceptors (Lipinski definition) is 8. The van der Waals surface area contributed by atoms with Gasteiger partial charge in [0.05, 0.1) is 11.6 Å². The first-order valence-electron chi connectivity index (χ1n) is 11.7. The highest BCUT2D eigenvalue weighted by Gasteiger charge is 2.32. The summed E-state index contributed by atoms with van der Waals surface area (Å²) < 4.78 is 7.55. The predicted octanol–water partition coefficient (Wildman–Crippen LogP) is 1.22. The van der Waals surface area contributed by atoms with Crippen molar-refractivity contribution in [3.05, 3.63) is 40.0 Å². The van der Waals surface area contributed by atoms with Crippen LogP contribution in [0.4, 0.5) is 0 Å². The Morgan fingerprint density at radius 2 is 1.92 bits per heavy atom. The van der Waals surface area contributed by atoms with E-state index in [0.29, 0.717) is 54.6 Å². The van der Waals surface area contributed by atoms with Crippen LogP contribution in [0.1, 0.15) is 39.1 Å². The maximum Gasteiger partial charge on any atom is 0.282 e. The van der Waals surface area contributed by atoms with Gasteiger partial charge in [0.2, 0.25) is 11.8 Å². The van der Waals surface area contributed by atoms with E-state index < -0.39 is 5.92 Å². The summed E-state index contributed by atoms with van der Waals surface area (Å²) in [5, 5.41) is 8.14. The number of nitrogens with zero attached hydrogens (tertiary/aromatic N) is 5. The maximum atomic E-state index is 12.8. The molecular weight excluding hydrogens is 484 g/mol. The van der Waals surface area contributed by atoms with Gasteiger partial charge in [-0.1, -0.05) is 12.1 Å². The average Bonchev–Trinajstić information content (AvgIpc) is 3.45. The zero-order chi connectivity index (χ0) is 25.4. The molecule has 3 aromatic rings. The van der Waals surface area contributed by atoms with E-state index in [1.165, 1.54) is 11.3 Å². The SMILES string of the molecule is Cc1cnc(C(=O)N2CCN(C(=O)COc3cccc4c(C5CCC(=O)NC5=O)nn(C)c34)CC2)s1. The summed E-state index contributed by atoms with van der Waals surface area (Å²) in [6.45, 7) is 3.48. The van der Waals surface area contributed by atoms with E-state index in [4.69, 9.17) is 4.74 Å². The number of carbonyl (C=O) groups excluding carboxylic acids is 4. The van der Waals surface area contributed by atoms with Gasteiger partial charge >= 0.3 is 0 Å². The van der Waals surface area contributed by atoms with Gasteiger partial charge in [0, 0.05) is 56.1 Å². The molecule has 4 heterocycles. The zero-order valence-corrected chi connectivity index (χ0v) is 20.8. The number of benzene rings is 1. The molecule has 0 aliphatic carbocycles. The van der Waals surface area contributed by atoms with Crippen molar-refractivity contribution in [2.75, 3.05) is 32.8 Å². The van der Waals surface area contributed by atoms with E-state index in [-0.39, 0.29) is 36.7 Å². The van der Waals surface area contributed by atoms with Gasteiger partial charge in [0.25, 0.3) is 11.8 Å². The second kappa shape index (κ2) is 9.69. The first-order chi connectivity index (χ1) is 17.3. The van der Waals surface area contributed by atoms with Crippen LogP contribution in [0.3, 0.4) is 0 Å². The Morgan fingerprint density at radius 1 is 1.17 bits per heavy atom. The number of piperidine rings is 1. The topological polar surface area (TPSA) is 127 Å². The van der Waals surface area contributed by atoms with E-state index in [0.717, 1.165) is 10.3 Å². The minimum atomic E-state index is -0.518. The number of imide groups is 1. The molecule has 4 amide bonds. The summed E-state index contributed by atoms with van der Waals surface area (Å²) in [6, 6.07) is 5.41. The highest BCUT2D eigenvalue weighted by molar-refractivity contribution is 7.13. The lowest BCUT2D eigenvalue weighted by Gasteiger charge is -2.34. The molecule has 1 aromatic carbocycles. The summed E-state index contributed by atoms with van der Waals surface area (Å²) in [6.07, 6.45) is 2.35. The standard InChI is InChI=1S/C24H26N6O5S/c1-14-12-25-23(36-14)24(34)30-10-8-29(9-11-30)19(32)13-35-17-5-3-4-15-20(27-28(2)21(15)17)16-6-7-18(31)26-22(16)33/h3-5,12,16H,6-11,13H2,1-2H3,(H,26,31,33). The molecule has 5 rings (SSSR count). The second-order valence-corrected chi connectivity index (χ2v) is 10.1. The van der Waals surface area contributed by atoms with Crippen LogP contribution in [-0.4, -0.2) is 81.0 Å². The fourth-order valence-electron chi connectivity index (χ4n) is 4.64. The largest absolute Gasteiger partial charge is 0.481 e. The van der Waals surface area contributed by atoms with Gasteiger partial charge in [-0.25, -0.2) is 4.98 Å². The van der Waals surface area contributed by atoms with Crippen LogP contribution < -0.4 is 10.1 Å². The molecule has 2 aliphatic heterocycles.